The summed E-state index contributed by atoms with van der Waals surface area (Å²) in [5.74, 6) is 0. The summed E-state index contributed by atoms with van der Waals surface area (Å²) in [4.78, 5) is 2.32. The first-order chi connectivity index (χ1) is 22.3. The summed E-state index contributed by atoms with van der Waals surface area (Å²) in [6.07, 6.45) is 0. The quantitative estimate of drug-likeness (QED) is 0.197. The highest BCUT2D eigenvalue weighted by Crippen LogP contribution is 2.39. The molecule has 0 radical (unpaired) electrons. The van der Waals surface area contributed by atoms with E-state index in [0.717, 1.165) is 39.0 Å². The molecule has 2 nitrogen and oxygen atoms in total. The summed E-state index contributed by atoms with van der Waals surface area (Å²) >= 11 is 1.86. The summed E-state index contributed by atoms with van der Waals surface area (Å²) in [5.41, 5.74) is 9.97. The van der Waals surface area contributed by atoms with Gasteiger partial charge in [0.2, 0.25) is 0 Å². The van der Waals surface area contributed by atoms with Crippen molar-refractivity contribution in [2.75, 3.05) is 4.90 Å². The predicted octanol–water partition coefficient (Wildman–Crippen LogP) is 12.8. The van der Waals surface area contributed by atoms with Crippen LogP contribution in [0.3, 0.4) is 0 Å². The van der Waals surface area contributed by atoms with Crippen molar-refractivity contribution >= 4 is 70.5 Å². The molecule has 7 aromatic carbocycles. The highest BCUT2D eigenvalue weighted by atomic mass is 32.1. The third-order valence-electron chi connectivity index (χ3n) is 8.69. The number of furan rings is 1. The minimum atomic E-state index is 0.916. The Balaban J connectivity index is 1.07. The Morgan fingerprint density at radius 2 is 0.867 bits per heavy atom. The van der Waals surface area contributed by atoms with Crippen LogP contribution in [0.5, 0.6) is 0 Å². The molecule has 0 saturated heterocycles. The third-order valence-corrected chi connectivity index (χ3v) is 9.84. The molecule has 9 aromatic rings. The third kappa shape index (κ3) is 4.48. The second-order valence-corrected chi connectivity index (χ2v) is 12.5. The average molecular weight is 594 g/mol. The van der Waals surface area contributed by atoms with Crippen LogP contribution in [0, 0.1) is 0 Å². The Labute approximate surface area is 265 Å². The maximum absolute atomic E-state index is 6.05. The Hall–Kier alpha value is -5.64. The van der Waals surface area contributed by atoms with Crippen LogP contribution in [0.1, 0.15) is 0 Å². The first-order valence-corrected chi connectivity index (χ1v) is 16.0. The molecule has 0 unspecified atom stereocenters. The monoisotopic (exact) mass is 593 g/mol. The zero-order chi connectivity index (χ0) is 29.7. The van der Waals surface area contributed by atoms with Gasteiger partial charge in [0.25, 0.3) is 0 Å². The summed E-state index contributed by atoms with van der Waals surface area (Å²) in [6.45, 7) is 0. The topological polar surface area (TPSA) is 16.4 Å². The number of rotatable bonds is 5. The molecule has 45 heavy (non-hydrogen) atoms. The van der Waals surface area contributed by atoms with Gasteiger partial charge in [-0.15, -0.1) is 11.3 Å². The van der Waals surface area contributed by atoms with Gasteiger partial charge in [-0.25, -0.2) is 0 Å². The fourth-order valence-electron chi connectivity index (χ4n) is 6.44. The van der Waals surface area contributed by atoms with Gasteiger partial charge in [0.05, 0.1) is 0 Å². The molecular formula is C42H27NOS. The van der Waals surface area contributed by atoms with Gasteiger partial charge in [0, 0.05) is 48.0 Å². The van der Waals surface area contributed by atoms with Crippen LogP contribution in [0.15, 0.2) is 168 Å². The van der Waals surface area contributed by atoms with Crippen molar-refractivity contribution in [1.82, 2.24) is 0 Å². The van der Waals surface area contributed by atoms with Crippen molar-refractivity contribution in [3.8, 4) is 22.3 Å². The second-order valence-electron chi connectivity index (χ2n) is 11.4. The lowest BCUT2D eigenvalue weighted by Gasteiger charge is -2.26. The molecule has 0 N–H and O–H groups in total. The molecule has 3 heteroatoms. The van der Waals surface area contributed by atoms with Crippen LogP contribution in [-0.2, 0) is 0 Å². The fourth-order valence-corrected chi connectivity index (χ4v) is 7.53. The number of hydrogen-bond donors (Lipinski definition) is 0. The Kier molecular flexibility index (Phi) is 6.03. The number of anilines is 3. The van der Waals surface area contributed by atoms with E-state index in [2.05, 4.69) is 157 Å². The van der Waals surface area contributed by atoms with Crippen LogP contribution >= 0.6 is 11.3 Å². The zero-order valence-electron chi connectivity index (χ0n) is 24.4. The molecular weight excluding hydrogens is 567 g/mol. The van der Waals surface area contributed by atoms with E-state index in [1.165, 1.54) is 42.4 Å². The lowest BCUT2D eigenvalue weighted by molar-refractivity contribution is 0.669. The van der Waals surface area contributed by atoms with Crippen molar-refractivity contribution in [3.63, 3.8) is 0 Å². The standard InChI is InChI=1S/C42H27NOS/c1-2-8-32(9-3-1)43(33-20-14-28(15-21-33)30-18-24-40-37(26-30)35-10-4-6-12-39(35)44-40)34-22-16-29(17-23-34)31-19-25-42-38(27-31)36-11-5-7-13-41(36)45-42/h1-27H. The summed E-state index contributed by atoms with van der Waals surface area (Å²) in [6, 6.07) is 58.5. The molecule has 0 amide bonds. The minimum absolute atomic E-state index is 0.916. The largest absolute Gasteiger partial charge is 0.456 e. The van der Waals surface area contributed by atoms with Crippen LogP contribution in [0.25, 0.3) is 64.4 Å². The Morgan fingerprint density at radius 3 is 1.60 bits per heavy atom. The lowest BCUT2D eigenvalue weighted by Crippen LogP contribution is -2.09. The first kappa shape index (κ1) is 25.8. The van der Waals surface area contributed by atoms with Crippen molar-refractivity contribution in [1.29, 1.82) is 0 Å². The van der Waals surface area contributed by atoms with E-state index in [1.54, 1.807) is 0 Å². The van der Waals surface area contributed by atoms with Crippen LogP contribution in [0.4, 0.5) is 17.1 Å². The van der Waals surface area contributed by atoms with Crippen LogP contribution in [0.2, 0.25) is 0 Å². The molecule has 0 saturated carbocycles. The molecule has 0 bridgehead atoms. The average Bonchev–Trinajstić information content (AvgIpc) is 3.67. The summed E-state index contributed by atoms with van der Waals surface area (Å²) < 4.78 is 8.71. The maximum Gasteiger partial charge on any atom is 0.135 e. The van der Waals surface area contributed by atoms with Gasteiger partial charge in [0.1, 0.15) is 11.2 Å². The molecule has 0 aliphatic heterocycles. The summed E-state index contributed by atoms with van der Waals surface area (Å²) in [7, 11) is 0. The van der Waals surface area contributed by atoms with Crippen LogP contribution < -0.4 is 4.90 Å². The molecule has 0 aliphatic carbocycles. The minimum Gasteiger partial charge on any atom is -0.456 e. The molecule has 9 rings (SSSR count). The SMILES string of the molecule is c1ccc(N(c2ccc(-c3ccc4oc5ccccc5c4c3)cc2)c2ccc(-c3ccc4sc5ccccc5c4c3)cc2)cc1. The zero-order valence-corrected chi connectivity index (χ0v) is 25.2. The predicted molar refractivity (Wildman–Crippen MR) is 192 cm³/mol. The number of benzene rings is 7. The number of fused-ring (bicyclic) bond motifs is 6. The highest BCUT2D eigenvalue weighted by Gasteiger charge is 2.14. The molecule has 0 fully saturated rings. The van der Waals surface area contributed by atoms with E-state index in [1.807, 2.05) is 23.5 Å². The van der Waals surface area contributed by atoms with Crippen molar-refractivity contribution < 1.29 is 4.42 Å². The summed E-state index contributed by atoms with van der Waals surface area (Å²) in [5, 5.41) is 4.94. The van der Waals surface area contributed by atoms with E-state index in [-0.39, 0.29) is 0 Å². The van der Waals surface area contributed by atoms with Gasteiger partial charge in [-0.1, -0.05) is 91.0 Å². The lowest BCUT2D eigenvalue weighted by atomic mass is 10.0. The van der Waals surface area contributed by atoms with Crippen molar-refractivity contribution in [2.45, 2.75) is 0 Å². The van der Waals surface area contributed by atoms with E-state index < -0.39 is 0 Å². The number of para-hydroxylation sites is 2. The normalized spacial score (nSPS) is 11.6. The number of thiophene rings is 1. The molecule has 0 atom stereocenters. The van der Waals surface area contributed by atoms with Gasteiger partial charge in [-0.05, 0) is 95.1 Å². The van der Waals surface area contributed by atoms with Crippen molar-refractivity contribution in [3.05, 3.63) is 164 Å². The van der Waals surface area contributed by atoms with E-state index in [0.29, 0.717) is 0 Å². The van der Waals surface area contributed by atoms with Crippen LogP contribution in [-0.4, -0.2) is 0 Å². The van der Waals surface area contributed by atoms with E-state index in [4.69, 9.17) is 4.42 Å². The van der Waals surface area contributed by atoms with Gasteiger partial charge in [-0.2, -0.15) is 0 Å². The molecule has 0 aliphatic rings. The number of nitrogens with zero attached hydrogens (tertiary/aromatic N) is 1. The Bertz CT molecular complexity index is 2310. The Morgan fingerprint density at radius 1 is 0.356 bits per heavy atom. The molecule has 212 valence electrons. The highest BCUT2D eigenvalue weighted by molar-refractivity contribution is 7.25. The number of hydrogen-bond acceptors (Lipinski definition) is 3. The fraction of sp³-hybridized carbons (Fsp3) is 0. The second kappa shape index (κ2) is 10.5. The molecule has 2 heterocycles. The molecule has 2 aromatic heterocycles. The van der Waals surface area contributed by atoms with Crippen molar-refractivity contribution in [2.24, 2.45) is 0 Å². The van der Waals surface area contributed by atoms with E-state index in [9.17, 15) is 0 Å². The smallest absolute Gasteiger partial charge is 0.135 e. The first-order valence-electron chi connectivity index (χ1n) is 15.2. The maximum atomic E-state index is 6.05. The van der Waals surface area contributed by atoms with E-state index >= 15 is 0 Å². The van der Waals surface area contributed by atoms with Gasteiger partial charge < -0.3 is 9.32 Å². The van der Waals surface area contributed by atoms with Gasteiger partial charge in [-0.3, -0.25) is 0 Å². The van der Waals surface area contributed by atoms with Gasteiger partial charge in [0.15, 0.2) is 0 Å². The van der Waals surface area contributed by atoms with Gasteiger partial charge >= 0.3 is 0 Å². The molecule has 0 spiro atoms.